The van der Waals surface area contributed by atoms with Gasteiger partial charge in [-0.1, -0.05) is 48.5 Å². The third kappa shape index (κ3) is 2.71. The summed E-state index contributed by atoms with van der Waals surface area (Å²) in [6.07, 6.45) is 1.36. The number of carbonyl (C=O) groups is 1. The number of methoxy groups -OCH3 is 1. The van der Waals surface area contributed by atoms with Gasteiger partial charge in [-0.05, 0) is 35.1 Å². The molecule has 0 fully saturated rings. The van der Waals surface area contributed by atoms with Crippen molar-refractivity contribution < 1.29 is 17.9 Å². The number of nitrogens with two attached hydrogens (primary N) is 1. The van der Waals surface area contributed by atoms with E-state index in [9.17, 15) is 13.2 Å². The number of nitrogens with one attached hydrogen (secondary N) is 1. The molecule has 0 radical (unpaired) electrons. The van der Waals surface area contributed by atoms with E-state index >= 15 is 0 Å². The lowest BCUT2D eigenvalue weighted by Gasteiger charge is -2.33. The Morgan fingerprint density at radius 2 is 1.50 bits per heavy atom. The predicted octanol–water partition coefficient (Wildman–Crippen LogP) is 0.995. The topological polar surface area (TPSA) is 98.5 Å². The van der Waals surface area contributed by atoms with Crippen LogP contribution in [0.15, 0.2) is 48.5 Å². The molecule has 0 saturated heterocycles. The standard InChI is InChI=1S/C17H18N2O4S/c1-23-16(20)17(19-24(18,21)22)14-8-4-2-6-12(14)10-11-13-7-3-5-9-15(13)17/h2-9,19H,10-11H2,1H3,(H2,18,21,22). The monoisotopic (exact) mass is 346 g/mol. The molecule has 0 bridgehead atoms. The zero-order chi connectivity index (χ0) is 17.4. The molecule has 6 nitrogen and oxygen atoms in total. The summed E-state index contributed by atoms with van der Waals surface area (Å²) in [5.74, 6) is -0.724. The van der Waals surface area contributed by atoms with Gasteiger partial charge in [0.1, 0.15) is 0 Å². The molecule has 2 aromatic carbocycles. The summed E-state index contributed by atoms with van der Waals surface area (Å²) in [4.78, 5) is 12.8. The second-order valence-corrected chi connectivity index (χ2v) is 7.00. The molecule has 0 amide bonds. The van der Waals surface area contributed by atoms with Gasteiger partial charge in [-0.2, -0.15) is 13.1 Å². The minimum absolute atomic E-state index is 0.538. The Bertz CT molecular complexity index is 845. The fourth-order valence-corrected chi connectivity index (χ4v) is 4.09. The molecule has 1 aliphatic rings. The highest BCUT2D eigenvalue weighted by molar-refractivity contribution is 7.87. The van der Waals surface area contributed by atoms with Gasteiger partial charge in [0.2, 0.25) is 0 Å². The first-order valence-corrected chi connectivity index (χ1v) is 9.00. The van der Waals surface area contributed by atoms with E-state index in [1.165, 1.54) is 7.11 Å². The summed E-state index contributed by atoms with van der Waals surface area (Å²) in [6, 6.07) is 14.4. The van der Waals surface area contributed by atoms with Gasteiger partial charge in [0.25, 0.3) is 10.2 Å². The van der Waals surface area contributed by atoms with E-state index in [2.05, 4.69) is 4.72 Å². The fourth-order valence-electron chi connectivity index (χ4n) is 3.36. The Hall–Kier alpha value is -2.22. The van der Waals surface area contributed by atoms with Crippen LogP contribution in [0.25, 0.3) is 0 Å². The maximum atomic E-state index is 12.8. The number of ether oxygens (including phenoxy) is 1. The third-order valence-electron chi connectivity index (χ3n) is 4.29. The first-order valence-electron chi connectivity index (χ1n) is 7.45. The summed E-state index contributed by atoms with van der Waals surface area (Å²) in [5, 5.41) is 5.26. The van der Waals surface area contributed by atoms with Gasteiger partial charge < -0.3 is 4.74 Å². The molecule has 0 heterocycles. The van der Waals surface area contributed by atoms with Crippen LogP contribution < -0.4 is 9.86 Å². The molecule has 0 saturated carbocycles. The molecule has 126 valence electrons. The van der Waals surface area contributed by atoms with E-state index in [-0.39, 0.29) is 0 Å². The molecule has 0 aromatic heterocycles. The minimum Gasteiger partial charge on any atom is -0.467 e. The molecule has 7 heteroatoms. The van der Waals surface area contributed by atoms with Crippen LogP contribution in [0.4, 0.5) is 0 Å². The van der Waals surface area contributed by atoms with Gasteiger partial charge in [-0.25, -0.2) is 9.93 Å². The normalized spacial score (nSPS) is 15.8. The highest BCUT2D eigenvalue weighted by atomic mass is 32.2. The summed E-state index contributed by atoms with van der Waals surface area (Å²) in [7, 11) is -2.96. The third-order valence-corrected chi connectivity index (χ3v) is 4.88. The van der Waals surface area contributed by atoms with Gasteiger partial charge in [0.15, 0.2) is 5.54 Å². The van der Waals surface area contributed by atoms with E-state index in [0.29, 0.717) is 24.0 Å². The van der Waals surface area contributed by atoms with Crippen LogP contribution in [0.3, 0.4) is 0 Å². The Labute approximate surface area is 140 Å². The van der Waals surface area contributed by atoms with Crippen molar-refractivity contribution >= 4 is 16.2 Å². The first kappa shape index (κ1) is 16.6. The average Bonchev–Trinajstić information content (AvgIpc) is 2.69. The van der Waals surface area contributed by atoms with Crippen molar-refractivity contribution in [2.75, 3.05) is 7.11 Å². The highest BCUT2D eigenvalue weighted by Gasteiger charge is 2.49. The van der Waals surface area contributed by atoms with Gasteiger partial charge in [-0.15, -0.1) is 0 Å². The predicted molar refractivity (Wildman–Crippen MR) is 89.3 cm³/mol. The van der Waals surface area contributed by atoms with Gasteiger partial charge in [0, 0.05) is 0 Å². The molecule has 2 aromatic rings. The van der Waals surface area contributed by atoms with Gasteiger partial charge in [-0.3, -0.25) is 0 Å². The largest absolute Gasteiger partial charge is 0.467 e. The lowest BCUT2D eigenvalue weighted by Crippen LogP contribution is -2.55. The first-order chi connectivity index (χ1) is 11.4. The Morgan fingerprint density at radius 3 is 1.92 bits per heavy atom. The van der Waals surface area contributed by atoms with Gasteiger partial charge >= 0.3 is 5.97 Å². The number of hydrogen-bond acceptors (Lipinski definition) is 4. The van der Waals surface area contributed by atoms with Crippen LogP contribution in [0, 0.1) is 0 Å². The number of hydrogen-bond donors (Lipinski definition) is 2. The van der Waals surface area contributed by atoms with Crippen LogP contribution in [-0.4, -0.2) is 21.5 Å². The molecule has 0 atom stereocenters. The van der Waals surface area contributed by atoms with Crippen molar-refractivity contribution in [3.63, 3.8) is 0 Å². The Morgan fingerprint density at radius 1 is 1.04 bits per heavy atom. The molecule has 3 N–H and O–H groups in total. The summed E-state index contributed by atoms with van der Waals surface area (Å²) in [6.45, 7) is 0. The van der Waals surface area contributed by atoms with Crippen molar-refractivity contribution in [1.82, 2.24) is 4.72 Å². The fraction of sp³-hybridized carbons (Fsp3) is 0.235. The van der Waals surface area contributed by atoms with Crippen LogP contribution >= 0.6 is 0 Å². The van der Waals surface area contributed by atoms with Crippen LogP contribution in [0.2, 0.25) is 0 Å². The van der Waals surface area contributed by atoms with Crippen molar-refractivity contribution in [2.45, 2.75) is 18.4 Å². The number of fused-ring (bicyclic) bond motifs is 2. The molecule has 1 aliphatic carbocycles. The Kier molecular flexibility index (Phi) is 4.16. The van der Waals surface area contributed by atoms with E-state index in [1.54, 1.807) is 24.3 Å². The molecule has 0 aliphatic heterocycles. The van der Waals surface area contributed by atoms with Crippen molar-refractivity contribution in [3.05, 3.63) is 70.8 Å². The number of aryl methyl sites for hydroxylation is 2. The van der Waals surface area contributed by atoms with Crippen LogP contribution in [0.1, 0.15) is 22.3 Å². The lowest BCUT2D eigenvalue weighted by molar-refractivity contribution is -0.146. The minimum atomic E-state index is -4.19. The zero-order valence-electron chi connectivity index (χ0n) is 13.2. The second-order valence-electron chi connectivity index (χ2n) is 5.70. The van der Waals surface area contributed by atoms with E-state index in [1.807, 2.05) is 24.3 Å². The van der Waals surface area contributed by atoms with E-state index in [0.717, 1.165) is 11.1 Å². The summed E-state index contributed by atoms with van der Waals surface area (Å²) >= 11 is 0. The van der Waals surface area contributed by atoms with Crippen molar-refractivity contribution in [2.24, 2.45) is 5.14 Å². The summed E-state index contributed by atoms with van der Waals surface area (Å²) in [5.41, 5.74) is 1.11. The number of rotatable bonds is 3. The smallest absolute Gasteiger partial charge is 0.336 e. The molecular weight excluding hydrogens is 328 g/mol. The highest BCUT2D eigenvalue weighted by Crippen LogP contribution is 2.39. The second kappa shape index (κ2) is 6.01. The number of benzene rings is 2. The zero-order valence-corrected chi connectivity index (χ0v) is 14.0. The van der Waals surface area contributed by atoms with Crippen molar-refractivity contribution in [1.29, 1.82) is 0 Å². The van der Waals surface area contributed by atoms with Crippen molar-refractivity contribution in [3.8, 4) is 0 Å². The quantitative estimate of drug-likeness (QED) is 0.810. The number of esters is 1. The van der Waals surface area contributed by atoms with E-state index < -0.39 is 21.7 Å². The van der Waals surface area contributed by atoms with Crippen LogP contribution in [-0.2, 0) is 38.1 Å². The van der Waals surface area contributed by atoms with E-state index in [4.69, 9.17) is 9.88 Å². The lowest BCUT2D eigenvalue weighted by atomic mass is 9.81. The molecule has 0 unspecified atom stereocenters. The molecular formula is C17H18N2O4S. The summed E-state index contributed by atoms with van der Waals surface area (Å²) < 4.78 is 31.2. The molecule has 24 heavy (non-hydrogen) atoms. The maximum absolute atomic E-state index is 12.8. The SMILES string of the molecule is COC(=O)C1(NS(N)(=O)=O)c2ccccc2CCc2ccccc21. The molecule has 3 rings (SSSR count). The average molecular weight is 346 g/mol. The Balaban J connectivity index is 2.42. The van der Waals surface area contributed by atoms with Crippen LogP contribution in [0.5, 0.6) is 0 Å². The maximum Gasteiger partial charge on any atom is 0.336 e. The number of carbonyl (C=O) groups excluding carboxylic acids is 1. The molecule has 0 spiro atoms. The van der Waals surface area contributed by atoms with Gasteiger partial charge in [0.05, 0.1) is 7.11 Å².